The molecule has 0 aliphatic heterocycles. The van der Waals surface area contributed by atoms with E-state index in [1.54, 1.807) is 4.90 Å². The van der Waals surface area contributed by atoms with Gasteiger partial charge in [-0.15, -0.1) is 0 Å². The fourth-order valence-electron chi connectivity index (χ4n) is 1.90. The van der Waals surface area contributed by atoms with E-state index in [4.69, 9.17) is 0 Å². The van der Waals surface area contributed by atoms with Crippen molar-refractivity contribution in [3.63, 3.8) is 0 Å². The number of nitrogens with zero attached hydrogens (tertiary/aromatic N) is 1. The molecular weight excluding hydrogens is 264 g/mol. The van der Waals surface area contributed by atoms with Crippen molar-refractivity contribution in [3.05, 3.63) is 35.4 Å². The van der Waals surface area contributed by atoms with Gasteiger partial charge in [0.1, 0.15) is 0 Å². The summed E-state index contributed by atoms with van der Waals surface area (Å²) >= 11 is 0. The van der Waals surface area contributed by atoms with Crippen molar-refractivity contribution in [1.82, 2.24) is 10.2 Å². The number of hydrogen-bond donors (Lipinski definition) is 1. The second-order valence-electron chi connectivity index (χ2n) is 5.89. The minimum atomic E-state index is -0.116. The number of benzene rings is 1. The van der Waals surface area contributed by atoms with Gasteiger partial charge >= 0.3 is 0 Å². The average molecular weight is 290 g/mol. The zero-order valence-electron chi connectivity index (χ0n) is 13.5. The molecule has 0 fully saturated rings. The molecule has 21 heavy (non-hydrogen) atoms. The van der Waals surface area contributed by atoms with Gasteiger partial charge in [0.25, 0.3) is 0 Å². The third-order valence-electron chi connectivity index (χ3n) is 3.37. The van der Waals surface area contributed by atoms with E-state index >= 15 is 0 Å². The van der Waals surface area contributed by atoms with Crippen LogP contribution in [0, 0.1) is 12.8 Å². The Bertz CT molecular complexity index is 466. The molecule has 0 bridgehead atoms. The van der Waals surface area contributed by atoms with Crippen molar-refractivity contribution < 1.29 is 9.59 Å². The fourth-order valence-corrected chi connectivity index (χ4v) is 1.90. The molecule has 0 heterocycles. The Kier molecular flexibility index (Phi) is 6.92. The Hall–Kier alpha value is -1.84. The lowest BCUT2D eigenvalue weighted by atomic mass is 10.1. The van der Waals surface area contributed by atoms with Gasteiger partial charge in [-0.2, -0.15) is 0 Å². The first-order valence-electron chi connectivity index (χ1n) is 7.46. The van der Waals surface area contributed by atoms with E-state index in [0.29, 0.717) is 19.0 Å². The molecule has 0 unspecified atom stereocenters. The quantitative estimate of drug-likeness (QED) is 0.839. The lowest BCUT2D eigenvalue weighted by molar-refractivity contribution is -0.134. The van der Waals surface area contributed by atoms with Crippen LogP contribution in [0.2, 0.25) is 0 Å². The number of carbonyl (C=O) groups excluding carboxylic acids is 2. The predicted molar refractivity (Wildman–Crippen MR) is 84.7 cm³/mol. The fraction of sp³-hybridized carbons (Fsp3) is 0.529. The first-order valence-corrected chi connectivity index (χ1v) is 7.46. The van der Waals surface area contributed by atoms with Crippen LogP contribution >= 0.6 is 0 Å². The normalized spacial score (nSPS) is 10.5. The molecular formula is C17H26N2O2. The maximum atomic E-state index is 11.9. The Morgan fingerprint density at radius 3 is 2.33 bits per heavy atom. The highest BCUT2D eigenvalue weighted by Gasteiger charge is 2.13. The second kappa shape index (κ2) is 8.45. The van der Waals surface area contributed by atoms with Crippen molar-refractivity contribution in [1.29, 1.82) is 0 Å². The molecule has 4 nitrogen and oxygen atoms in total. The van der Waals surface area contributed by atoms with E-state index in [0.717, 1.165) is 12.0 Å². The van der Waals surface area contributed by atoms with Gasteiger partial charge in [-0.1, -0.05) is 43.7 Å². The molecule has 0 saturated carbocycles. The van der Waals surface area contributed by atoms with E-state index in [1.807, 2.05) is 31.2 Å². The Morgan fingerprint density at radius 1 is 1.19 bits per heavy atom. The molecule has 0 aliphatic rings. The molecule has 0 saturated heterocycles. The van der Waals surface area contributed by atoms with Crippen molar-refractivity contribution in [2.45, 2.75) is 40.7 Å². The predicted octanol–water partition coefficient (Wildman–Crippen LogP) is 2.51. The van der Waals surface area contributed by atoms with E-state index in [2.05, 4.69) is 19.2 Å². The van der Waals surface area contributed by atoms with Crippen LogP contribution in [0.1, 0.15) is 38.3 Å². The van der Waals surface area contributed by atoms with E-state index in [-0.39, 0.29) is 18.4 Å². The second-order valence-corrected chi connectivity index (χ2v) is 5.89. The van der Waals surface area contributed by atoms with Crippen molar-refractivity contribution in [2.24, 2.45) is 5.92 Å². The first kappa shape index (κ1) is 17.2. The summed E-state index contributed by atoms with van der Waals surface area (Å²) in [6.45, 7) is 9.01. The van der Waals surface area contributed by atoms with Crippen LogP contribution in [0.15, 0.2) is 24.3 Å². The molecule has 0 spiro atoms. The summed E-state index contributed by atoms with van der Waals surface area (Å²) in [5, 5.41) is 2.86. The summed E-state index contributed by atoms with van der Waals surface area (Å²) in [5.74, 6) is 0.345. The highest BCUT2D eigenvalue weighted by molar-refractivity contribution is 5.83. The highest BCUT2D eigenvalue weighted by atomic mass is 16.2. The van der Waals surface area contributed by atoms with Crippen LogP contribution in [0.5, 0.6) is 0 Å². The zero-order chi connectivity index (χ0) is 15.8. The largest absolute Gasteiger partial charge is 0.350 e. The molecule has 0 radical (unpaired) electrons. The SMILES string of the molecule is CC(=O)N(CCC(C)C)CC(=O)NCc1ccc(C)cc1. The summed E-state index contributed by atoms with van der Waals surface area (Å²) in [7, 11) is 0. The van der Waals surface area contributed by atoms with Gasteiger partial charge in [-0.25, -0.2) is 0 Å². The average Bonchev–Trinajstić information content (AvgIpc) is 2.42. The molecule has 1 aromatic carbocycles. The van der Waals surface area contributed by atoms with E-state index in [9.17, 15) is 9.59 Å². The lowest BCUT2D eigenvalue weighted by Crippen LogP contribution is -2.40. The molecule has 0 atom stereocenters. The van der Waals surface area contributed by atoms with Gasteiger partial charge in [-0.05, 0) is 24.8 Å². The maximum absolute atomic E-state index is 11.9. The Labute approximate surface area is 127 Å². The highest BCUT2D eigenvalue weighted by Crippen LogP contribution is 2.04. The maximum Gasteiger partial charge on any atom is 0.239 e. The van der Waals surface area contributed by atoms with Gasteiger partial charge < -0.3 is 10.2 Å². The molecule has 0 aliphatic carbocycles. The summed E-state index contributed by atoms with van der Waals surface area (Å²) in [6.07, 6.45) is 0.908. The summed E-state index contributed by atoms with van der Waals surface area (Å²) in [6, 6.07) is 8.03. The van der Waals surface area contributed by atoms with Gasteiger partial charge in [0.05, 0.1) is 6.54 Å². The molecule has 1 aromatic rings. The molecule has 1 rings (SSSR count). The third-order valence-corrected chi connectivity index (χ3v) is 3.37. The standard InChI is InChI=1S/C17H26N2O2/c1-13(2)9-10-19(15(4)20)12-17(21)18-11-16-7-5-14(3)6-8-16/h5-8,13H,9-12H2,1-4H3,(H,18,21). The van der Waals surface area contributed by atoms with Crippen LogP contribution in [0.4, 0.5) is 0 Å². The molecule has 0 aromatic heterocycles. The Balaban J connectivity index is 2.42. The number of aryl methyl sites for hydroxylation is 1. The molecule has 1 N–H and O–H groups in total. The summed E-state index contributed by atoms with van der Waals surface area (Å²) < 4.78 is 0. The zero-order valence-corrected chi connectivity index (χ0v) is 13.5. The first-order chi connectivity index (χ1) is 9.88. The van der Waals surface area contributed by atoms with Crippen molar-refractivity contribution >= 4 is 11.8 Å². The number of hydrogen-bond acceptors (Lipinski definition) is 2. The van der Waals surface area contributed by atoms with Gasteiger partial charge in [0, 0.05) is 20.0 Å². The van der Waals surface area contributed by atoms with Crippen LogP contribution in [-0.2, 0) is 16.1 Å². The number of nitrogens with one attached hydrogen (secondary N) is 1. The van der Waals surface area contributed by atoms with Crippen LogP contribution in [-0.4, -0.2) is 29.8 Å². The molecule has 116 valence electrons. The van der Waals surface area contributed by atoms with Crippen molar-refractivity contribution in [2.75, 3.05) is 13.1 Å². The van der Waals surface area contributed by atoms with Gasteiger partial charge in [-0.3, -0.25) is 9.59 Å². The minimum absolute atomic E-state index is 0.0545. The summed E-state index contributed by atoms with van der Waals surface area (Å²) in [4.78, 5) is 25.1. The Morgan fingerprint density at radius 2 is 1.81 bits per heavy atom. The van der Waals surface area contributed by atoms with Crippen LogP contribution in [0.25, 0.3) is 0 Å². The van der Waals surface area contributed by atoms with Gasteiger partial charge in [0.2, 0.25) is 11.8 Å². The monoisotopic (exact) mass is 290 g/mol. The molecule has 4 heteroatoms. The van der Waals surface area contributed by atoms with E-state index < -0.39 is 0 Å². The van der Waals surface area contributed by atoms with Crippen molar-refractivity contribution in [3.8, 4) is 0 Å². The van der Waals surface area contributed by atoms with E-state index in [1.165, 1.54) is 12.5 Å². The smallest absolute Gasteiger partial charge is 0.239 e. The number of amides is 2. The number of rotatable bonds is 7. The summed E-state index contributed by atoms with van der Waals surface area (Å²) in [5.41, 5.74) is 2.26. The third kappa shape index (κ3) is 6.93. The van der Waals surface area contributed by atoms with Crippen LogP contribution in [0.3, 0.4) is 0 Å². The molecule has 2 amide bonds. The lowest BCUT2D eigenvalue weighted by Gasteiger charge is -2.21. The van der Waals surface area contributed by atoms with Gasteiger partial charge in [0.15, 0.2) is 0 Å². The topological polar surface area (TPSA) is 49.4 Å². The van der Waals surface area contributed by atoms with Crippen LogP contribution < -0.4 is 5.32 Å². The number of carbonyl (C=O) groups is 2. The minimum Gasteiger partial charge on any atom is -0.350 e.